The van der Waals surface area contributed by atoms with Gasteiger partial charge in [0, 0.05) is 5.39 Å². The van der Waals surface area contributed by atoms with E-state index in [9.17, 15) is 19.6 Å². The van der Waals surface area contributed by atoms with Gasteiger partial charge in [0.05, 0.1) is 24.7 Å². The van der Waals surface area contributed by atoms with Crippen LogP contribution in [0.25, 0.3) is 21.9 Å². The number of imidazole rings is 1. The number of esters is 1. The molecule has 0 aliphatic carbocycles. The summed E-state index contributed by atoms with van der Waals surface area (Å²) in [5.74, 6) is -0.387. The van der Waals surface area contributed by atoms with Crippen LogP contribution in [0.5, 0.6) is 5.75 Å². The van der Waals surface area contributed by atoms with Gasteiger partial charge in [-0.25, -0.2) is 19.5 Å². The molecule has 1 unspecified atom stereocenters. The highest BCUT2D eigenvalue weighted by Gasteiger charge is 2.49. The molecule has 7 atom stereocenters. The molecule has 4 aromatic rings. The van der Waals surface area contributed by atoms with Gasteiger partial charge in [-0.1, -0.05) is 57.2 Å². The first-order valence-corrected chi connectivity index (χ1v) is 15.9. The topological polar surface area (TPSA) is 167 Å². The maximum Gasteiger partial charge on any atom is 0.459 e. The molecule has 3 heterocycles. The standard InChI is InChI=1S/C30H38N5O8P/c1-17-23-27(32-15-31-17)35(16-33-23)28-25(37)24(36)26(41-28)19(3)42-44(39,34-18(2)29(38)40-14-30(4,5)6)43-22-13-9-11-20-10-7-8-12-21(20)22/h7-13,15-16,18-19,24-26,28,36-37H,14H2,1-6H3,(H,34,39)/t18-,19-,24-,25+,26+,28+,44?/m0/s1. The van der Waals surface area contributed by atoms with Crippen LogP contribution >= 0.6 is 7.75 Å². The highest BCUT2D eigenvalue weighted by atomic mass is 31.2. The molecule has 2 aromatic carbocycles. The van der Waals surface area contributed by atoms with Crippen molar-refractivity contribution in [2.24, 2.45) is 5.41 Å². The minimum absolute atomic E-state index is 0.151. The average Bonchev–Trinajstić information content (AvgIpc) is 3.52. The van der Waals surface area contributed by atoms with Gasteiger partial charge >= 0.3 is 13.7 Å². The Labute approximate surface area is 255 Å². The van der Waals surface area contributed by atoms with E-state index in [4.69, 9.17) is 18.5 Å². The molecule has 3 N–H and O–H groups in total. The fraction of sp³-hybridized carbons (Fsp3) is 0.467. The largest absolute Gasteiger partial charge is 0.464 e. The molecule has 0 spiro atoms. The van der Waals surface area contributed by atoms with E-state index in [0.717, 1.165) is 5.39 Å². The van der Waals surface area contributed by atoms with Gasteiger partial charge in [-0.2, -0.15) is 5.09 Å². The summed E-state index contributed by atoms with van der Waals surface area (Å²) in [5.41, 5.74) is 1.30. The van der Waals surface area contributed by atoms with Gasteiger partial charge in [0.1, 0.15) is 41.9 Å². The number of aromatic nitrogens is 4. The summed E-state index contributed by atoms with van der Waals surface area (Å²) in [4.78, 5) is 25.5. The second kappa shape index (κ2) is 12.5. The molecule has 1 aliphatic heterocycles. The number of hydrogen-bond acceptors (Lipinski definition) is 11. The first kappa shape index (κ1) is 32.0. The molecule has 236 valence electrons. The summed E-state index contributed by atoms with van der Waals surface area (Å²) in [5, 5.41) is 26.2. The summed E-state index contributed by atoms with van der Waals surface area (Å²) in [7, 11) is -4.36. The van der Waals surface area contributed by atoms with E-state index in [1.807, 2.05) is 51.1 Å². The number of nitrogens with zero attached hydrogens (tertiary/aromatic N) is 4. The molecule has 2 aromatic heterocycles. The van der Waals surface area contributed by atoms with Gasteiger partial charge in [-0.3, -0.25) is 13.9 Å². The Balaban J connectivity index is 1.40. The summed E-state index contributed by atoms with van der Waals surface area (Å²) in [6.07, 6.45) is -3.32. The van der Waals surface area contributed by atoms with Crippen LogP contribution < -0.4 is 9.61 Å². The Morgan fingerprint density at radius 3 is 2.57 bits per heavy atom. The summed E-state index contributed by atoms with van der Waals surface area (Å²) < 4.78 is 39.4. The van der Waals surface area contributed by atoms with Gasteiger partial charge in [-0.15, -0.1) is 0 Å². The van der Waals surface area contributed by atoms with Crippen molar-refractivity contribution in [3.8, 4) is 5.75 Å². The van der Waals surface area contributed by atoms with Crippen molar-refractivity contribution in [2.75, 3.05) is 6.61 Å². The van der Waals surface area contributed by atoms with Gasteiger partial charge in [0.15, 0.2) is 11.9 Å². The second-order valence-corrected chi connectivity index (χ2v) is 13.8. The smallest absolute Gasteiger partial charge is 0.459 e. The number of aryl methyl sites for hydroxylation is 1. The van der Waals surface area contributed by atoms with Crippen LogP contribution in [0.4, 0.5) is 0 Å². The summed E-state index contributed by atoms with van der Waals surface area (Å²) in [6, 6.07) is 11.6. The van der Waals surface area contributed by atoms with Gasteiger partial charge < -0.3 is 24.2 Å². The number of carbonyl (C=O) groups excluding carboxylic acids is 1. The predicted octanol–water partition coefficient (Wildman–Crippen LogP) is 4.07. The molecule has 0 bridgehead atoms. The molecule has 5 rings (SSSR count). The van der Waals surface area contributed by atoms with E-state index in [2.05, 4.69) is 20.0 Å². The molecule has 1 aliphatic rings. The van der Waals surface area contributed by atoms with Crippen LogP contribution in [-0.2, 0) is 23.4 Å². The quantitative estimate of drug-likeness (QED) is 0.171. The number of rotatable bonds is 10. The van der Waals surface area contributed by atoms with Crippen molar-refractivity contribution in [1.29, 1.82) is 0 Å². The Kier molecular flexibility index (Phi) is 9.08. The number of hydrogen-bond donors (Lipinski definition) is 3. The highest BCUT2D eigenvalue weighted by Crippen LogP contribution is 2.49. The first-order chi connectivity index (χ1) is 20.8. The number of benzene rings is 2. The van der Waals surface area contributed by atoms with Crippen molar-refractivity contribution in [3.63, 3.8) is 0 Å². The molecule has 0 amide bonds. The maximum absolute atomic E-state index is 14.4. The SMILES string of the molecule is Cc1ncnc2c1ncn2[C@@H]1O[C@H]([C@H](C)OP(=O)(N[C@@H](C)C(=O)OCC(C)(C)C)Oc2cccc3ccccc23)[C@@H](O)[C@H]1O. The highest BCUT2D eigenvalue weighted by molar-refractivity contribution is 7.52. The lowest BCUT2D eigenvalue weighted by molar-refractivity contribution is -0.148. The minimum Gasteiger partial charge on any atom is -0.464 e. The third-order valence-electron chi connectivity index (χ3n) is 7.18. The molecule has 1 saturated heterocycles. The second-order valence-electron chi connectivity index (χ2n) is 12.2. The third kappa shape index (κ3) is 6.78. The Hall–Kier alpha value is -3.45. The molecule has 1 fully saturated rings. The van der Waals surface area contributed by atoms with Crippen molar-refractivity contribution < 1.29 is 38.1 Å². The van der Waals surface area contributed by atoms with Gasteiger partial charge in [0.2, 0.25) is 0 Å². The third-order valence-corrected chi connectivity index (χ3v) is 8.93. The molecule has 13 nitrogen and oxygen atoms in total. The zero-order chi connectivity index (χ0) is 31.8. The minimum atomic E-state index is -4.36. The number of aliphatic hydroxyl groups is 2. The van der Waals surface area contributed by atoms with Crippen molar-refractivity contribution in [3.05, 3.63) is 60.8 Å². The zero-order valence-corrected chi connectivity index (χ0v) is 26.3. The molecule has 44 heavy (non-hydrogen) atoms. The normalized spacial score (nSPS) is 23.4. The van der Waals surface area contributed by atoms with Crippen molar-refractivity contribution in [2.45, 2.75) is 78.2 Å². The van der Waals surface area contributed by atoms with Gasteiger partial charge in [0.25, 0.3) is 0 Å². The molecule has 0 saturated carbocycles. The van der Waals surface area contributed by atoms with Crippen molar-refractivity contribution >= 4 is 35.7 Å². The van der Waals surface area contributed by atoms with Crippen LogP contribution in [0.3, 0.4) is 0 Å². The van der Waals surface area contributed by atoms with Crippen LogP contribution in [0.2, 0.25) is 0 Å². The van der Waals surface area contributed by atoms with E-state index >= 15 is 0 Å². The molecule has 14 heteroatoms. The number of ether oxygens (including phenoxy) is 2. The molecular weight excluding hydrogens is 589 g/mol. The van der Waals surface area contributed by atoms with E-state index < -0.39 is 50.4 Å². The number of aliphatic hydroxyl groups excluding tert-OH is 2. The zero-order valence-electron chi connectivity index (χ0n) is 25.4. The number of carbonyl (C=O) groups is 1. The van der Waals surface area contributed by atoms with E-state index in [1.165, 1.54) is 31.1 Å². The van der Waals surface area contributed by atoms with E-state index in [0.29, 0.717) is 22.2 Å². The lowest BCUT2D eigenvalue weighted by Gasteiger charge is -2.29. The summed E-state index contributed by atoms with van der Waals surface area (Å²) >= 11 is 0. The monoisotopic (exact) mass is 627 g/mol. The molecular formula is C30H38N5O8P. The van der Waals surface area contributed by atoms with E-state index in [1.54, 1.807) is 19.1 Å². The maximum atomic E-state index is 14.4. The fourth-order valence-electron chi connectivity index (χ4n) is 4.92. The predicted molar refractivity (Wildman–Crippen MR) is 162 cm³/mol. The van der Waals surface area contributed by atoms with Crippen LogP contribution in [0.1, 0.15) is 46.5 Å². The Morgan fingerprint density at radius 1 is 1.09 bits per heavy atom. The van der Waals surface area contributed by atoms with Crippen LogP contribution in [0.15, 0.2) is 55.1 Å². The van der Waals surface area contributed by atoms with E-state index in [-0.39, 0.29) is 17.8 Å². The van der Waals surface area contributed by atoms with Crippen molar-refractivity contribution in [1.82, 2.24) is 24.6 Å². The number of fused-ring (bicyclic) bond motifs is 2. The lowest BCUT2D eigenvalue weighted by atomic mass is 9.99. The Morgan fingerprint density at radius 2 is 1.82 bits per heavy atom. The fourth-order valence-corrected chi connectivity index (χ4v) is 6.64. The lowest BCUT2D eigenvalue weighted by Crippen LogP contribution is -2.41. The molecule has 0 radical (unpaired) electrons. The van der Waals surface area contributed by atoms with Crippen LogP contribution in [-0.4, -0.2) is 72.8 Å². The average molecular weight is 628 g/mol. The Bertz CT molecular complexity index is 1690. The first-order valence-electron chi connectivity index (χ1n) is 14.3. The van der Waals surface area contributed by atoms with Crippen LogP contribution in [0, 0.1) is 12.3 Å². The summed E-state index contributed by atoms with van der Waals surface area (Å²) in [6.45, 7) is 10.7. The number of nitrogens with one attached hydrogen (secondary N) is 1. The van der Waals surface area contributed by atoms with Gasteiger partial charge in [-0.05, 0) is 37.6 Å².